The Labute approximate surface area is 122 Å². The van der Waals surface area contributed by atoms with E-state index in [1.165, 1.54) is 21.6 Å². The topological polar surface area (TPSA) is 41.1 Å². The molecule has 3 nitrogen and oxygen atoms in total. The first-order chi connectivity index (χ1) is 9.61. The quantitative estimate of drug-likeness (QED) is 0.711. The van der Waals surface area contributed by atoms with E-state index in [1.807, 2.05) is 0 Å². The number of aryl methyl sites for hydroxylation is 3. The zero-order valence-corrected chi connectivity index (χ0v) is 12.6. The van der Waals surface area contributed by atoms with Gasteiger partial charge in [0.15, 0.2) is 4.96 Å². The van der Waals surface area contributed by atoms with Crippen LogP contribution in [0.4, 0.5) is 0 Å². The standard InChI is InChI=1S/C16H15N3S/c1-10-4-5-13(8-11(10)2)15-12(3)20-16-18-9-14(6-7-17)19(15)16/h4-5,8-9H,6H2,1-3H3. The summed E-state index contributed by atoms with van der Waals surface area (Å²) in [5.74, 6) is 0. The molecule has 4 heteroatoms. The number of hydrogen-bond acceptors (Lipinski definition) is 3. The van der Waals surface area contributed by atoms with Crippen molar-refractivity contribution in [1.82, 2.24) is 9.38 Å². The summed E-state index contributed by atoms with van der Waals surface area (Å²) < 4.78 is 2.12. The number of thiazole rings is 1. The number of hydrogen-bond donors (Lipinski definition) is 0. The van der Waals surface area contributed by atoms with E-state index in [9.17, 15) is 0 Å². The summed E-state index contributed by atoms with van der Waals surface area (Å²) in [6.07, 6.45) is 2.19. The normalized spacial score (nSPS) is 10.9. The van der Waals surface area contributed by atoms with Crippen molar-refractivity contribution in [1.29, 1.82) is 5.26 Å². The first kappa shape index (κ1) is 12.9. The van der Waals surface area contributed by atoms with Crippen molar-refractivity contribution in [2.24, 2.45) is 0 Å². The molecule has 3 rings (SSSR count). The molecule has 0 aliphatic carbocycles. The van der Waals surface area contributed by atoms with Gasteiger partial charge in [0.05, 0.1) is 30.1 Å². The molecule has 0 saturated carbocycles. The highest BCUT2D eigenvalue weighted by molar-refractivity contribution is 7.17. The van der Waals surface area contributed by atoms with Crippen molar-refractivity contribution < 1.29 is 0 Å². The molecule has 3 aromatic rings. The third kappa shape index (κ3) is 1.91. The van der Waals surface area contributed by atoms with E-state index in [4.69, 9.17) is 5.26 Å². The maximum atomic E-state index is 8.96. The molecule has 0 radical (unpaired) electrons. The molecule has 100 valence electrons. The number of nitrogens with zero attached hydrogens (tertiary/aromatic N) is 3. The predicted molar refractivity (Wildman–Crippen MR) is 82.0 cm³/mol. The molecule has 0 N–H and O–H groups in total. The molecule has 0 atom stereocenters. The van der Waals surface area contributed by atoms with Crippen LogP contribution in [0.3, 0.4) is 0 Å². The molecule has 0 fully saturated rings. The van der Waals surface area contributed by atoms with E-state index in [-0.39, 0.29) is 0 Å². The lowest BCUT2D eigenvalue weighted by Crippen LogP contribution is -1.94. The van der Waals surface area contributed by atoms with E-state index < -0.39 is 0 Å². The molecular weight excluding hydrogens is 266 g/mol. The van der Waals surface area contributed by atoms with Gasteiger partial charge in [0.25, 0.3) is 0 Å². The van der Waals surface area contributed by atoms with E-state index >= 15 is 0 Å². The summed E-state index contributed by atoms with van der Waals surface area (Å²) in [7, 11) is 0. The second-order valence-corrected chi connectivity index (χ2v) is 6.19. The number of benzene rings is 1. The Morgan fingerprint density at radius 3 is 2.75 bits per heavy atom. The second kappa shape index (κ2) is 4.77. The lowest BCUT2D eigenvalue weighted by Gasteiger charge is -2.07. The molecule has 0 amide bonds. The smallest absolute Gasteiger partial charge is 0.194 e. The molecule has 2 heterocycles. The van der Waals surface area contributed by atoms with Gasteiger partial charge in [-0.15, -0.1) is 11.3 Å². The van der Waals surface area contributed by atoms with Crippen LogP contribution in [-0.2, 0) is 6.42 Å². The molecule has 0 aliphatic rings. The van der Waals surface area contributed by atoms with Gasteiger partial charge >= 0.3 is 0 Å². The van der Waals surface area contributed by atoms with Gasteiger partial charge < -0.3 is 0 Å². The fourth-order valence-corrected chi connectivity index (χ4v) is 3.43. The first-order valence-corrected chi connectivity index (χ1v) is 7.33. The van der Waals surface area contributed by atoms with Crippen molar-refractivity contribution in [3.8, 4) is 17.3 Å². The Balaban J connectivity index is 2.29. The molecule has 2 aromatic heterocycles. The van der Waals surface area contributed by atoms with Crippen LogP contribution in [0.15, 0.2) is 24.4 Å². The number of fused-ring (bicyclic) bond motifs is 1. The van der Waals surface area contributed by atoms with Crippen LogP contribution < -0.4 is 0 Å². The molecule has 0 bridgehead atoms. The minimum absolute atomic E-state index is 0.384. The van der Waals surface area contributed by atoms with Crippen molar-refractivity contribution in [3.05, 3.63) is 46.1 Å². The minimum Gasteiger partial charge on any atom is -0.286 e. The summed E-state index contributed by atoms with van der Waals surface area (Å²) in [6, 6.07) is 8.72. The van der Waals surface area contributed by atoms with Gasteiger partial charge in [0, 0.05) is 4.88 Å². The molecular formula is C16H15N3S. The fraction of sp³-hybridized carbons (Fsp3) is 0.250. The molecule has 1 aromatic carbocycles. The SMILES string of the molecule is Cc1ccc(-c2c(C)sc3ncc(CC#N)n23)cc1C. The van der Waals surface area contributed by atoms with Gasteiger partial charge in [-0.2, -0.15) is 5.26 Å². The van der Waals surface area contributed by atoms with Crippen molar-refractivity contribution >= 4 is 16.3 Å². The number of imidazole rings is 1. The highest BCUT2D eigenvalue weighted by Crippen LogP contribution is 2.33. The van der Waals surface area contributed by atoms with Gasteiger partial charge in [-0.1, -0.05) is 12.1 Å². The van der Waals surface area contributed by atoms with Crippen LogP contribution in [0.2, 0.25) is 0 Å². The minimum atomic E-state index is 0.384. The Kier molecular flexibility index (Phi) is 3.07. The van der Waals surface area contributed by atoms with Crippen LogP contribution in [0.1, 0.15) is 21.7 Å². The Bertz CT molecular complexity index is 833. The first-order valence-electron chi connectivity index (χ1n) is 6.52. The summed E-state index contributed by atoms with van der Waals surface area (Å²) in [5, 5.41) is 8.96. The van der Waals surface area contributed by atoms with Gasteiger partial charge in [0.1, 0.15) is 0 Å². The second-order valence-electron chi connectivity index (χ2n) is 5.01. The van der Waals surface area contributed by atoms with Crippen LogP contribution in [0, 0.1) is 32.1 Å². The number of aromatic nitrogens is 2. The Morgan fingerprint density at radius 1 is 1.25 bits per heavy atom. The van der Waals surface area contributed by atoms with Gasteiger partial charge in [0.2, 0.25) is 0 Å². The predicted octanol–water partition coefficient (Wildman–Crippen LogP) is 4.05. The highest BCUT2D eigenvalue weighted by atomic mass is 32.1. The fourth-order valence-electron chi connectivity index (χ4n) is 2.45. The monoisotopic (exact) mass is 281 g/mol. The lowest BCUT2D eigenvalue weighted by atomic mass is 10.0. The Morgan fingerprint density at radius 2 is 2.05 bits per heavy atom. The van der Waals surface area contributed by atoms with E-state index in [0.717, 1.165) is 16.3 Å². The van der Waals surface area contributed by atoms with Gasteiger partial charge in [-0.25, -0.2) is 4.98 Å². The summed E-state index contributed by atoms with van der Waals surface area (Å²) in [6.45, 7) is 6.36. The van der Waals surface area contributed by atoms with Crippen molar-refractivity contribution in [2.45, 2.75) is 27.2 Å². The largest absolute Gasteiger partial charge is 0.286 e. The van der Waals surface area contributed by atoms with Crippen LogP contribution in [0.25, 0.3) is 16.2 Å². The molecule has 0 unspecified atom stereocenters. The maximum absolute atomic E-state index is 8.96. The average Bonchev–Trinajstić information content (AvgIpc) is 2.93. The summed E-state index contributed by atoms with van der Waals surface area (Å²) in [5.41, 5.74) is 5.88. The molecule has 0 saturated heterocycles. The third-order valence-electron chi connectivity index (χ3n) is 3.64. The summed E-state index contributed by atoms with van der Waals surface area (Å²) in [4.78, 5) is 6.61. The molecule has 20 heavy (non-hydrogen) atoms. The van der Waals surface area contributed by atoms with Crippen molar-refractivity contribution in [2.75, 3.05) is 0 Å². The maximum Gasteiger partial charge on any atom is 0.194 e. The van der Waals surface area contributed by atoms with Gasteiger partial charge in [-0.05, 0) is 43.5 Å². The van der Waals surface area contributed by atoms with E-state index in [0.29, 0.717) is 6.42 Å². The average molecular weight is 281 g/mol. The lowest BCUT2D eigenvalue weighted by molar-refractivity contribution is 1.07. The van der Waals surface area contributed by atoms with E-state index in [1.54, 1.807) is 17.5 Å². The molecule has 0 spiro atoms. The van der Waals surface area contributed by atoms with Crippen LogP contribution in [-0.4, -0.2) is 9.38 Å². The third-order valence-corrected chi connectivity index (χ3v) is 4.61. The number of rotatable bonds is 2. The van der Waals surface area contributed by atoms with Crippen LogP contribution >= 0.6 is 11.3 Å². The van der Waals surface area contributed by atoms with Crippen LogP contribution in [0.5, 0.6) is 0 Å². The zero-order chi connectivity index (χ0) is 14.3. The van der Waals surface area contributed by atoms with E-state index in [2.05, 4.69) is 54.4 Å². The number of nitriles is 1. The van der Waals surface area contributed by atoms with Gasteiger partial charge in [-0.3, -0.25) is 4.40 Å². The zero-order valence-electron chi connectivity index (χ0n) is 11.8. The summed E-state index contributed by atoms with van der Waals surface area (Å²) >= 11 is 1.67. The molecule has 0 aliphatic heterocycles. The highest BCUT2D eigenvalue weighted by Gasteiger charge is 2.15. The Hall–Kier alpha value is -2.12. The van der Waals surface area contributed by atoms with Crippen molar-refractivity contribution in [3.63, 3.8) is 0 Å².